The number of hydrogen-bond acceptors (Lipinski definition) is 4. The molecule has 0 aromatic heterocycles. The van der Waals surface area contributed by atoms with Crippen LogP contribution in [0, 0.1) is 0 Å². The Morgan fingerprint density at radius 3 is 2.62 bits per heavy atom. The van der Waals surface area contributed by atoms with E-state index in [0.717, 1.165) is 18.4 Å². The van der Waals surface area contributed by atoms with E-state index in [1.165, 1.54) is 19.3 Å². The first kappa shape index (κ1) is 18.6. The highest BCUT2D eigenvalue weighted by atomic mass is 32.2. The van der Waals surface area contributed by atoms with Gasteiger partial charge < -0.3 is 16.4 Å². The van der Waals surface area contributed by atoms with Crippen molar-refractivity contribution in [1.29, 1.82) is 0 Å². The van der Waals surface area contributed by atoms with E-state index in [0.29, 0.717) is 16.7 Å². The molecule has 2 amide bonds. The molecule has 1 aliphatic rings. The van der Waals surface area contributed by atoms with Gasteiger partial charge in [-0.1, -0.05) is 31.4 Å². The number of nitrogens with one attached hydrogen (secondary N) is 2. The summed E-state index contributed by atoms with van der Waals surface area (Å²) in [6.07, 6.45) is 5.67. The molecule has 0 bridgehead atoms. The van der Waals surface area contributed by atoms with Crippen molar-refractivity contribution in [3.63, 3.8) is 0 Å². The second-order valence-electron chi connectivity index (χ2n) is 6.01. The third-order valence-corrected chi connectivity index (χ3v) is 5.91. The Morgan fingerprint density at radius 2 is 1.92 bits per heavy atom. The predicted octanol–water partition coefficient (Wildman–Crippen LogP) is 1.28. The SMILES string of the molecule is NCC(=O)NCC(=O)Nc1cccc(CS(=O)C2CCCCC2)c1. The molecule has 0 heterocycles. The first-order valence-electron chi connectivity index (χ1n) is 8.31. The van der Waals surface area contributed by atoms with E-state index in [1.807, 2.05) is 18.2 Å². The fourth-order valence-electron chi connectivity index (χ4n) is 2.81. The van der Waals surface area contributed by atoms with Crippen LogP contribution in [-0.2, 0) is 26.1 Å². The molecule has 2 rings (SSSR count). The first-order valence-corrected chi connectivity index (χ1v) is 9.69. The van der Waals surface area contributed by atoms with Gasteiger partial charge in [-0.15, -0.1) is 0 Å². The van der Waals surface area contributed by atoms with Crippen molar-refractivity contribution >= 4 is 28.3 Å². The molecule has 1 saturated carbocycles. The van der Waals surface area contributed by atoms with Gasteiger partial charge in [0.05, 0.1) is 13.1 Å². The van der Waals surface area contributed by atoms with Gasteiger partial charge in [-0.05, 0) is 30.5 Å². The maximum absolute atomic E-state index is 12.5. The lowest BCUT2D eigenvalue weighted by atomic mass is 10.0. The number of amides is 2. The summed E-state index contributed by atoms with van der Waals surface area (Å²) in [6, 6.07) is 7.37. The second kappa shape index (κ2) is 9.54. The van der Waals surface area contributed by atoms with Crippen LogP contribution in [0.3, 0.4) is 0 Å². The maximum Gasteiger partial charge on any atom is 0.243 e. The van der Waals surface area contributed by atoms with Gasteiger partial charge in [0.15, 0.2) is 0 Å². The van der Waals surface area contributed by atoms with Crippen molar-refractivity contribution in [1.82, 2.24) is 5.32 Å². The van der Waals surface area contributed by atoms with Crippen LogP contribution >= 0.6 is 0 Å². The average molecular weight is 351 g/mol. The van der Waals surface area contributed by atoms with Gasteiger partial charge in [0.1, 0.15) is 0 Å². The number of carbonyl (C=O) groups excluding carboxylic acids is 2. The molecule has 1 unspecified atom stereocenters. The van der Waals surface area contributed by atoms with E-state index in [-0.39, 0.29) is 24.9 Å². The number of anilines is 1. The van der Waals surface area contributed by atoms with E-state index in [1.54, 1.807) is 6.07 Å². The van der Waals surface area contributed by atoms with Gasteiger partial charge in [0, 0.05) is 27.5 Å². The summed E-state index contributed by atoms with van der Waals surface area (Å²) in [4.78, 5) is 22.8. The highest BCUT2D eigenvalue weighted by Crippen LogP contribution is 2.24. The summed E-state index contributed by atoms with van der Waals surface area (Å²) in [6.45, 7) is -0.260. The van der Waals surface area contributed by atoms with Crippen LogP contribution < -0.4 is 16.4 Å². The lowest BCUT2D eigenvalue weighted by molar-refractivity contribution is -0.123. The molecule has 1 aromatic rings. The van der Waals surface area contributed by atoms with E-state index in [4.69, 9.17) is 5.73 Å². The topological polar surface area (TPSA) is 101 Å². The Kier molecular flexibility index (Phi) is 7.39. The maximum atomic E-state index is 12.5. The zero-order chi connectivity index (χ0) is 17.4. The smallest absolute Gasteiger partial charge is 0.243 e. The molecule has 24 heavy (non-hydrogen) atoms. The molecule has 0 saturated heterocycles. The van der Waals surface area contributed by atoms with Gasteiger partial charge in [-0.2, -0.15) is 0 Å². The predicted molar refractivity (Wildman–Crippen MR) is 95.9 cm³/mol. The molecule has 1 atom stereocenters. The van der Waals surface area contributed by atoms with Crippen molar-refractivity contribution in [3.8, 4) is 0 Å². The van der Waals surface area contributed by atoms with Crippen molar-refractivity contribution in [2.75, 3.05) is 18.4 Å². The minimum absolute atomic E-state index is 0.117. The quantitative estimate of drug-likeness (QED) is 0.689. The molecule has 6 nitrogen and oxygen atoms in total. The lowest BCUT2D eigenvalue weighted by Crippen LogP contribution is -2.36. The molecule has 7 heteroatoms. The number of rotatable bonds is 7. The number of carbonyl (C=O) groups is 2. The third kappa shape index (κ3) is 6.05. The Bertz CT molecular complexity index is 600. The normalized spacial score (nSPS) is 16.4. The standard InChI is InChI=1S/C17H25N3O3S/c18-10-16(21)19-11-17(22)20-14-6-4-5-13(9-14)12-24(23)15-7-2-1-3-8-15/h4-6,9,15H,1-3,7-8,10-12,18H2,(H,19,21)(H,20,22). The van der Waals surface area contributed by atoms with Gasteiger partial charge in [0.2, 0.25) is 11.8 Å². The summed E-state index contributed by atoms with van der Waals surface area (Å²) in [5, 5.41) is 5.43. The van der Waals surface area contributed by atoms with Crippen molar-refractivity contribution in [3.05, 3.63) is 29.8 Å². The Balaban J connectivity index is 1.87. The summed E-state index contributed by atoms with van der Waals surface area (Å²) in [7, 11) is -0.873. The number of nitrogens with two attached hydrogens (primary N) is 1. The minimum atomic E-state index is -0.873. The second-order valence-corrected chi connectivity index (χ2v) is 7.73. The van der Waals surface area contributed by atoms with E-state index < -0.39 is 10.8 Å². The fraction of sp³-hybridized carbons (Fsp3) is 0.529. The molecular weight excluding hydrogens is 326 g/mol. The average Bonchev–Trinajstić information content (AvgIpc) is 2.60. The van der Waals surface area contributed by atoms with E-state index >= 15 is 0 Å². The molecule has 1 aromatic carbocycles. The third-order valence-electron chi connectivity index (χ3n) is 4.08. The van der Waals surface area contributed by atoms with Gasteiger partial charge in [-0.25, -0.2) is 0 Å². The summed E-state index contributed by atoms with van der Waals surface area (Å²) < 4.78 is 12.5. The van der Waals surface area contributed by atoms with Crippen LogP contribution in [0.4, 0.5) is 5.69 Å². The van der Waals surface area contributed by atoms with Crippen LogP contribution in [0.1, 0.15) is 37.7 Å². The Labute approximate surface area is 145 Å². The van der Waals surface area contributed by atoms with Gasteiger partial charge in [-0.3, -0.25) is 13.8 Å². The summed E-state index contributed by atoms with van der Waals surface area (Å²) in [5.74, 6) is -0.178. The van der Waals surface area contributed by atoms with E-state index in [9.17, 15) is 13.8 Å². The fourth-order valence-corrected chi connectivity index (χ4v) is 4.41. The molecule has 0 radical (unpaired) electrons. The van der Waals surface area contributed by atoms with Crippen LogP contribution in [-0.4, -0.2) is 34.4 Å². The summed E-state index contributed by atoms with van der Waals surface area (Å²) >= 11 is 0. The van der Waals surface area contributed by atoms with Crippen LogP contribution in [0.5, 0.6) is 0 Å². The lowest BCUT2D eigenvalue weighted by Gasteiger charge is -2.21. The molecule has 4 N–H and O–H groups in total. The highest BCUT2D eigenvalue weighted by Gasteiger charge is 2.19. The van der Waals surface area contributed by atoms with Gasteiger partial charge >= 0.3 is 0 Å². The number of benzene rings is 1. The summed E-state index contributed by atoms with van der Waals surface area (Å²) in [5.41, 5.74) is 6.75. The van der Waals surface area contributed by atoms with Crippen molar-refractivity contribution < 1.29 is 13.8 Å². The molecule has 0 aliphatic heterocycles. The van der Waals surface area contributed by atoms with Crippen molar-refractivity contribution in [2.45, 2.75) is 43.1 Å². The van der Waals surface area contributed by atoms with Crippen molar-refractivity contribution in [2.24, 2.45) is 5.73 Å². The Hall–Kier alpha value is -1.73. The molecule has 132 valence electrons. The van der Waals surface area contributed by atoms with Gasteiger partial charge in [0.25, 0.3) is 0 Å². The minimum Gasteiger partial charge on any atom is -0.346 e. The van der Waals surface area contributed by atoms with E-state index in [2.05, 4.69) is 10.6 Å². The molecular formula is C17H25N3O3S. The first-order chi connectivity index (χ1) is 11.6. The van der Waals surface area contributed by atoms with Crippen LogP contribution in [0.15, 0.2) is 24.3 Å². The zero-order valence-corrected chi connectivity index (χ0v) is 14.6. The van der Waals surface area contributed by atoms with Crippen LogP contribution in [0.25, 0.3) is 0 Å². The zero-order valence-electron chi connectivity index (χ0n) is 13.8. The number of hydrogen-bond donors (Lipinski definition) is 3. The van der Waals surface area contributed by atoms with Crippen LogP contribution in [0.2, 0.25) is 0 Å². The molecule has 1 aliphatic carbocycles. The monoisotopic (exact) mass is 351 g/mol. The Morgan fingerprint density at radius 1 is 1.17 bits per heavy atom. The molecule has 1 fully saturated rings. The molecule has 0 spiro atoms. The largest absolute Gasteiger partial charge is 0.346 e. The highest BCUT2D eigenvalue weighted by molar-refractivity contribution is 7.84.